The van der Waals surface area contributed by atoms with Crippen molar-refractivity contribution in [2.75, 3.05) is 17.2 Å². The molecule has 160 valence electrons. The summed E-state index contributed by atoms with van der Waals surface area (Å²) in [5.74, 6) is 2.21. The van der Waals surface area contributed by atoms with E-state index >= 15 is 0 Å². The van der Waals surface area contributed by atoms with Crippen molar-refractivity contribution in [2.24, 2.45) is 11.8 Å². The Hall–Kier alpha value is -3.23. The van der Waals surface area contributed by atoms with E-state index in [0.717, 1.165) is 48.4 Å². The first-order chi connectivity index (χ1) is 15.1. The number of aromatic amines is 1. The molecular formula is C22H25N7O2. The zero-order valence-electron chi connectivity index (χ0n) is 17.4. The number of aromatic nitrogens is 5. The molecule has 0 spiro atoms. The molecule has 31 heavy (non-hydrogen) atoms. The molecule has 0 amide bonds. The van der Waals surface area contributed by atoms with Crippen molar-refractivity contribution in [3.8, 4) is 0 Å². The number of fused-ring (bicyclic) bond motifs is 3. The van der Waals surface area contributed by atoms with Crippen LogP contribution in [0.25, 0.3) is 16.8 Å². The van der Waals surface area contributed by atoms with Crippen LogP contribution < -0.4 is 21.5 Å². The second-order valence-electron chi connectivity index (χ2n) is 9.04. The largest absolute Gasteiger partial charge is 0.380 e. The molecule has 0 saturated heterocycles. The van der Waals surface area contributed by atoms with E-state index in [2.05, 4.69) is 42.1 Å². The summed E-state index contributed by atoms with van der Waals surface area (Å²) >= 11 is 0. The van der Waals surface area contributed by atoms with E-state index in [0.29, 0.717) is 23.2 Å². The second-order valence-corrected chi connectivity index (χ2v) is 9.04. The Morgan fingerprint density at radius 2 is 2.00 bits per heavy atom. The molecule has 3 aromatic heterocycles. The van der Waals surface area contributed by atoms with Crippen LogP contribution in [0.5, 0.6) is 0 Å². The van der Waals surface area contributed by atoms with Crippen molar-refractivity contribution in [1.82, 2.24) is 24.6 Å². The Bertz CT molecular complexity index is 1340. The molecule has 3 atom stereocenters. The molecule has 6 rings (SSSR count). The van der Waals surface area contributed by atoms with Crippen molar-refractivity contribution in [3.05, 3.63) is 44.7 Å². The van der Waals surface area contributed by atoms with Gasteiger partial charge in [-0.1, -0.05) is 13.3 Å². The van der Waals surface area contributed by atoms with Gasteiger partial charge in [-0.15, -0.1) is 10.2 Å². The van der Waals surface area contributed by atoms with Crippen LogP contribution in [-0.2, 0) is 0 Å². The SMILES string of the molecule is CCC1CC(Nc2c(NCC3CC3)c(=O)c2=O)C[C@@H]1c1nnc2cnc3[nH]ccc3n12. The predicted molar refractivity (Wildman–Crippen MR) is 118 cm³/mol. The van der Waals surface area contributed by atoms with Crippen molar-refractivity contribution >= 4 is 28.2 Å². The van der Waals surface area contributed by atoms with Gasteiger partial charge in [0.05, 0.1) is 11.7 Å². The quantitative estimate of drug-likeness (QED) is 0.394. The normalized spacial score (nSPS) is 23.8. The van der Waals surface area contributed by atoms with Crippen LogP contribution in [0.2, 0.25) is 0 Å². The van der Waals surface area contributed by atoms with Crippen molar-refractivity contribution in [1.29, 1.82) is 0 Å². The molecule has 1 aromatic carbocycles. The number of nitrogens with one attached hydrogen (secondary N) is 3. The van der Waals surface area contributed by atoms with Crippen molar-refractivity contribution in [3.63, 3.8) is 0 Å². The van der Waals surface area contributed by atoms with E-state index in [1.807, 2.05) is 12.3 Å². The van der Waals surface area contributed by atoms with Gasteiger partial charge in [-0.05, 0) is 43.6 Å². The van der Waals surface area contributed by atoms with Gasteiger partial charge in [-0.3, -0.25) is 14.0 Å². The minimum absolute atomic E-state index is 0.121. The molecule has 2 aliphatic rings. The predicted octanol–water partition coefficient (Wildman–Crippen LogP) is 2.41. The lowest BCUT2D eigenvalue weighted by molar-refractivity contribution is 0.451. The average molecular weight is 419 g/mol. The highest BCUT2D eigenvalue weighted by molar-refractivity contribution is 5.75. The smallest absolute Gasteiger partial charge is 0.253 e. The first-order valence-electron chi connectivity index (χ1n) is 11.1. The molecule has 2 fully saturated rings. The third-order valence-electron chi connectivity index (χ3n) is 7.04. The van der Waals surface area contributed by atoms with Crippen LogP contribution in [0.3, 0.4) is 0 Å². The first kappa shape index (κ1) is 18.5. The summed E-state index contributed by atoms with van der Waals surface area (Å²) in [7, 11) is 0. The number of hydrogen-bond donors (Lipinski definition) is 3. The minimum Gasteiger partial charge on any atom is -0.380 e. The summed E-state index contributed by atoms with van der Waals surface area (Å²) in [6.45, 7) is 2.97. The lowest BCUT2D eigenvalue weighted by Crippen LogP contribution is -2.39. The number of nitrogens with zero attached hydrogens (tertiary/aromatic N) is 4. The molecule has 0 bridgehead atoms. The number of anilines is 2. The Kier molecular flexibility index (Phi) is 4.12. The van der Waals surface area contributed by atoms with E-state index in [-0.39, 0.29) is 12.0 Å². The number of hydrogen-bond acceptors (Lipinski definition) is 7. The third kappa shape index (κ3) is 2.94. The molecular weight excluding hydrogens is 394 g/mol. The number of rotatable bonds is 7. The summed E-state index contributed by atoms with van der Waals surface area (Å²) in [5, 5.41) is 15.5. The highest BCUT2D eigenvalue weighted by atomic mass is 16.2. The fourth-order valence-electron chi connectivity index (χ4n) is 5.12. The summed E-state index contributed by atoms with van der Waals surface area (Å²) in [6, 6.07) is 2.12. The van der Waals surface area contributed by atoms with E-state index in [1.54, 1.807) is 6.20 Å². The molecule has 2 aliphatic carbocycles. The standard InChI is InChI=1S/C22H25N7O2/c1-2-12-7-13(26-18-17(19(30)20(18)31)24-9-11-3-4-11)8-14(12)22-28-27-16-10-25-21-15(29(16)22)5-6-23-21/h5-6,10-14,23-24,26H,2-4,7-9H2,1H3/t12?,13?,14-/m0/s1. The Labute approximate surface area is 178 Å². The molecule has 3 heterocycles. The van der Waals surface area contributed by atoms with Gasteiger partial charge in [0.1, 0.15) is 17.2 Å². The van der Waals surface area contributed by atoms with E-state index in [1.165, 1.54) is 12.8 Å². The topological polar surface area (TPSA) is 117 Å². The first-order valence-corrected chi connectivity index (χ1v) is 11.1. The zero-order valence-corrected chi connectivity index (χ0v) is 17.4. The Morgan fingerprint density at radius 3 is 2.81 bits per heavy atom. The zero-order chi connectivity index (χ0) is 21.1. The van der Waals surface area contributed by atoms with Crippen LogP contribution in [0.1, 0.15) is 50.8 Å². The van der Waals surface area contributed by atoms with Gasteiger partial charge in [0.2, 0.25) is 0 Å². The highest BCUT2D eigenvalue weighted by Gasteiger charge is 2.38. The molecule has 9 heteroatoms. The molecule has 4 aromatic rings. The average Bonchev–Trinajstić information content (AvgIpc) is 3.17. The van der Waals surface area contributed by atoms with Crippen LogP contribution in [0.15, 0.2) is 28.0 Å². The van der Waals surface area contributed by atoms with Crippen LogP contribution in [-0.4, -0.2) is 37.2 Å². The fourth-order valence-corrected chi connectivity index (χ4v) is 5.12. The van der Waals surface area contributed by atoms with E-state index < -0.39 is 10.9 Å². The van der Waals surface area contributed by atoms with Gasteiger partial charge in [-0.2, -0.15) is 0 Å². The van der Waals surface area contributed by atoms with Gasteiger partial charge in [0.15, 0.2) is 11.3 Å². The van der Waals surface area contributed by atoms with Crippen molar-refractivity contribution < 1.29 is 0 Å². The van der Waals surface area contributed by atoms with Crippen LogP contribution in [0, 0.1) is 11.8 Å². The molecule has 0 radical (unpaired) electrons. The molecule has 0 aliphatic heterocycles. The van der Waals surface area contributed by atoms with E-state index in [4.69, 9.17) is 0 Å². The second kappa shape index (κ2) is 6.90. The maximum atomic E-state index is 12.2. The Morgan fingerprint density at radius 1 is 1.16 bits per heavy atom. The van der Waals surface area contributed by atoms with Crippen LogP contribution >= 0.6 is 0 Å². The summed E-state index contributed by atoms with van der Waals surface area (Å²) in [5.41, 5.74) is 2.67. The summed E-state index contributed by atoms with van der Waals surface area (Å²) < 4.78 is 2.09. The Balaban J connectivity index is 1.28. The van der Waals surface area contributed by atoms with Crippen LogP contribution in [0.4, 0.5) is 11.4 Å². The van der Waals surface area contributed by atoms with E-state index in [9.17, 15) is 9.59 Å². The molecule has 3 N–H and O–H groups in total. The van der Waals surface area contributed by atoms with Gasteiger partial charge in [0, 0.05) is 24.7 Å². The van der Waals surface area contributed by atoms with Gasteiger partial charge < -0.3 is 15.6 Å². The lowest BCUT2D eigenvalue weighted by Gasteiger charge is -2.19. The maximum absolute atomic E-state index is 12.2. The van der Waals surface area contributed by atoms with Gasteiger partial charge >= 0.3 is 0 Å². The summed E-state index contributed by atoms with van der Waals surface area (Å²) in [6.07, 6.45) is 8.79. The van der Waals surface area contributed by atoms with Gasteiger partial charge in [-0.25, -0.2) is 4.98 Å². The molecule has 2 saturated carbocycles. The lowest BCUT2D eigenvalue weighted by atomic mass is 9.93. The molecule has 2 unspecified atom stereocenters. The minimum atomic E-state index is -0.400. The monoisotopic (exact) mass is 419 g/mol. The number of H-pyrrole nitrogens is 1. The highest BCUT2D eigenvalue weighted by Crippen LogP contribution is 2.42. The fraction of sp³-hybridized carbons (Fsp3) is 0.500. The third-order valence-corrected chi connectivity index (χ3v) is 7.04. The summed E-state index contributed by atoms with van der Waals surface area (Å²) in [4.78, 5) is 31.8. The van der Waals surface area contributed by atoms with Crippen molar-refractivity contribution in [2.45, 2.75) is 51.0 Å². The van der Waals surface area contributed by atoms with Gasteiger partial charge in [0.25, 0.3) is 10.9 Å². The maximum Gasteiger partial charge on any atom is 0.253 e. The molecule has 9 nitrogen and oxygen atoms in total.